The van der Waals surface area contributed by atoms with Gasteiger partial charge in [-0.25, -0.2) is 0 Å². The van der Waals surface area contributed by atoms with Gasteiger partial charge < -0.3 is 10.6 Å². The van der Waals surface area contributed by atoms with E-state index >= 15 is 0 Å². The molecule has 2 aromatic rings. The summed E-state index contributed by atoms with van der Waals surface area (Å²) >= 11 is 1.44. The van der Waals surface area contributed by atoms with E-state index in [1.165, 1.54) is 29.0 Å². The number of nitrogens with zero attached hydrogens (tertiary/aromatic N) is 1. The average Bonchev–Trinajstić information content (AvgIpc) is 2.65. The third kappa shape index (κ3) is 3.83. The van der Waals surface area contributed by atoms with Gasteiger partial charge in [-0.05, 0) is 42.5 Å². The van der Waals surface area contributed by atoms with Gasteiger partial charge in [0.25, 0.3) is 11.6 Å². The predicted octanol–water partition coefficient (Wildman–Crippen LogP) is 2.93. The Labute approximate surface area is 150 Å². The van der Waals surface area contributed by atoms with Crippen LogP contribution in [0.3, 0.4) is 0 Å². The van der Waals surface area contributed by atoms with Crippen molar-refractivity contribution in [3.05, 3.63) is 69.3 Å². The fraction of sp³-hybridized carbons (Fsp3) is 0.278. The number of nitro groups is 1. The lowest BCUT2D eigenvalue weighted by molar-refractivity contribution is -0.385. The van der Waals surface area contributed by atoms with Crippen molar-refractivity contribution < 1.29 is 9.72 Å². The van der Waals surface area contributed by atoms with Gasteiger partial charge in [-0.15, -0.1) is 11.8 Å². The lowest BCUT2D eigenvalue weighted by Crippen LogP contribution is -2.39. The number of carbonyl (C=O) groups excluding carboxylic acids is 1. The molecule has 0 bridgehead atoms. The third-order valence-corrected chi connectivity index (χ3v) is 5.05. The molecule has 1 atom stereocenters. The number of rotatable bonds is 5. The molecule has 0 spiro atoms. The van der Waals surface area contributed by atoms with E-state index in [9.17, 15) is 14.9 Å². The van der Waals surface area contributed by atoms with Gasteiger partial charge in [-0.1, -0.05) is 24.3 Å². The molecule has 3 rings (SSSR count). The molecule has 7 heteroatoms. The van der Waals surface area contributed by atoms with Gasteiger partial charge in [0.05, 0.1) is 4.92 Å². The number of nitro benzene ring substituents is 1. The topological polar surface area (TPSA) is 84.3 Å². The van der Waals surface area contributed by atoms with Crippen LogP contribution in [0.15, 0.2) is 47.4 Å². The van der Waals surface area contributed by atoms with E-state index in [1.54, 1.807) is 12.1 Å². The van der Waals surface area contributed by atoms with E-state index in [1.807, 2.05) is 18.4 Å². The maximum atomic E-state index is 12.5. The molecule has 6 nitrogen and oxygen atoms in total. The molecule has 2 aromatic carbocycles. The SMILES string of the molecule is CSc1ccc([N+](=O)[O-])c(C(=O)NCC2NCCc3ccccc32)c1. The van der Waals surface area contributed by atoms with Crippen LogP contribution in [0.4, 0.5) is 5.69 Å². The maximum Gasteiger partial charge on any atom is 0.282 e. The van der Waals surface area contributed by atoms with E-state index in [0.29, 0.717) is 6.54 Å². The molecule has 0 radical (unpaired) electrons. The number of nitrogens with one attached hydrogen (secondary N) is 2. The van der Waals surface area contributed by atoms with Gasteiger partial charge in [0.1, 0.15) is 5.56 Å². The molecule has 1 aliphatic rings. The zero-order valence-corrected chi connectivity index (χ0v) is 14.6. The monoisotopic (exact) mass is 357 g/mol. The zero-order valence-electron chi connectivity index (χ0n) is 13.8. The molecule has 0 aliphatic carbocycles. The predicted molar refractivity (Wildman–Crippen MR) is 98.1 cm³/mol. The first-order valence-electron chi connectivity index (χ1n) is 8.02. The summed E-state index contributed by atoms with van der Waals surface area (Å²) in [7, 11) is 0. The van der Waals surface area contributed by atoms with E-state index in [2.05, 4.69) is 22.8 Å². The molecule has 1 aliphatic heterocycles. The van der Waals surface area contributed by atoms with Gasteiger partial charge >= 0.3 is 0 Å². The summed E-state index contributed by atoms with van der Waals surface area (Å²) in [5.41, 5.74) is 2.37. The highest BCUT2D eigenvalue weighted by molar-refractivity contribution is 7.98. The molecule has 25 heavy (non-hydrogen) atoms. The van der Waals surface area contributed by atoms with Crippen molar-refractivity contribution in [1.82, 2.24) is 10.6 Å². The molecule has 2 N–H and O–H groups in total. The van der Waals surface area contributed by atoms with Gasteiger partial charge in [0.2, 0.25) is 0 Å². The fourth-order valence-electron chi connectivity index (χ4n) is 3.05. The molecule has 1 amide bonds. The molecular formula is C18H19N3O3S. The molecule has 0 aromatic heterocycles. The quantitative estimate of drug-likeness (QED) is 0.488. The van der Waals surface area contributed by atoms with Crippen molar-refractivity contribution in [2.24, 2.45) is 0 Å². The summed E-state index contributed by atoms with van der Waals surface area (Å²) in [4.78, 5) is 24.0. The molecule has 1 heterocycles. The number of benzene rings is 2. The van der Waals surface area contributed by atoms with Gasteiger partial charge in [0.15, 0.2) is 0 Å². The van der Waals surface area contributed by atoms with E-state index in [-0.39, 0.29) is 17.3 Å². The maximum absolute atomic E-state index is 12.5. The Bertz CT molecular complexity index is 810. The van der Waals surface area contributed by atoms with E-state index in [4.69, 9.17) is 0 Å². The van der Waals surface area contributed by atoms with Gasteiger partial charge in [0, 0.05) is 23.5 Å². The summed E-state index contributed by atoms with van der Waals surface area (Å²) < 4.78 is 0. The molecule has 0 saturated heterocycles. The second-order valence-corrected chi connectivity index (χ2v) is 6.69. The van der Waals surface area contributed by atoms with Crippen LogP contribution in [-0.2, 0) is 6.42 Å². The van der Waals surface area contributed by atoms with Crippen molar-refractivity contribution in [3.63, 3.8) is 0 Å². The smallest absolute Gasteiger partial charge is 0.282 e. The lowest BCUT2D eigenvalue weighted by Gasteiger charge is -2.27. The van der Waals surface area contributed by atoms with E-state index < -0.39 is 10.8 Å². The highest BCUT2D eigenvalue weighted by Gasteiger charge is 2.23. The third-order valence-electron chi connectivity index (χ3n) is 4.33. The number of hydrogen-bond acceptors (Lipinski definition) is 5. The van der Waals surface area contributed by atoms with Gasteiger partial charge in [-0.3, -0.25) is 14.9 Å². The summed E-state index contributed by atoms with van der Waals surface area (Å²) in [6.45, 7) is 1.23. The zero-order chi connectivity index (χ0) is 17.8. The van der Waals surface area contributed by atoms with Crippen molar-refractivity contribution in [2.75, 3.05) is 19.3 Å². The van der Waals surface area contributed by atoms with Crippen LogP contribution in [-0.4, -0.2) is 30.2 Å². The van der Waals surface area contributed by atoms with Crippen LogP contribution >= 0.6 is 11.8 Å². The van der Waals surface area contributed by atoms with Crippen LogP contribution < -0.4 is 10.6 Å². The second-order valence-electron chi connectivity index (χ2n) is 5.81. The van der Waals surface area contributed by atoms with Crippen LogP contribution in [0.2, 0.25) is 0 Å². The molecule has 130 valence electrons. The lowest BCUT2D eigenvalue weighted by atomic mass is 9.94. The number of thioether (sulfide) groups is 1. The summed E-state index contributed by atoms with van der Waals surface area (Å²) in [6.07, 6.45) is 2.83. The number of carbonyl (C=O) groups is 1. The minimum absolute atomic E-state index is 0.0108. The highest BCUT2D eigenvalue weighted by Crippen LogP contribution is 2.25. The van der Waals surface area contributed by atoms with E-state index in [0.717, 1.165) is 17.9 Å². The van der Waals surface area contributed by atoms with Crippen molar-refractivity contribution in [1.29, 1.82) is 0 Å². The first-order valence-corrected chi connectivity index (χ1v) is 9.24. The fourth-order valence-corrected chi connectivity index (χ4v) is 3.49. The Morgan fingerprint density at radius 2 is 2.16 bits per heavy atom. The minimum atomic E-state index is -0.521. The molecule has 0 saturated carbocycles. The first kappa shape index (κ1) is 17.4. The van der Waals surface area contributed by atoms with Crippen molar-refractivity contribution >= 4 is 23.4 Å². The largest absolute Gasteiger partial charge is 0.350 e. The average molecular weight is 357 g/mol. The summed E-state index contributed by atoms with van der Waals surface area (Å²) in [5, 5.41) is 17.4. The Balaban J connectivity index is 1.77. The normalized spacial score (nSPS) is 16.1. The number of fused-ring (bicyclic) bond motifs is 1. The Hall–Kier alpha value is -2.38. The minimum Gasteiger partial charge on any atom is -0.350 e. The van der Waals surface area contributed by atoms with Gasteiger partial charge in [-0.2, -0.15) is 0 Å². The van der Waals surface area contributed by atoms with Crippen molar-refractivity contribution in [2.45, 2.75) is 17.4 Å². The van der Waals surface area contributed by atoms with Crippen LogP contribution in [0, 0.1) is 10.1 Å². The van der Waals surface area contributed by atoms with Crippen molar-refractivity contribution in [3.8, 4) is 0 Å². The first-order chi connectivity index (χ1) is 12.1. The molecule has 1 unspecified atom stereocenters. The molecular weight excluding hydrogens is 338 g/mol. The Morgan fingerprint density at radius 1 is 1.36 bits per heavy atom. The van der Waals surface area contributed by atoms with Crippen LogP contribution in [0.1, 0.15) is 27.5 Å². The summed E-state index contributed by atoms with van der Waals surface area (Å²) in [6, 6.07) is 12.8. The second kappa shape index (κ2) is 7.67. The standard InChI is InChI=1S/C18H19N3O3S/c1-25-13-6-7-17(21(23)24)15(10-13)18(22)20-11-16-14-5-3-2-4-12(14)8-9-19-16/h2-7,10,16,19H,8-9,11H2,1H3,(H,20,22). The summed E-state index contributed by atoms with van der Waals surface area (Å²) in [5.74, 6) is -0.424. The molecule has 0 fully saturated rings. The number of hydrogen-bond donors (Lipinski definition) is 2. The van der Waals surface area contributed by atoms with Crippen LogP contribution in [0.25, 0.3) is 0 Å². The highest BCUT2D eigenvalue weighted by atomic mass is 32.2. The Kier molecular flexibility index (Phi) is 5.35. The Morgan fingerprint density at radius 3 is 2.92 bits per heavy atom. The van der Waals surface area contributed by atoms with Crippen LogP contribution in [0.5, 0.6) is 0 Å². The number of amides is 1.